The molecule has 20 heavy (non-hydrogen) atoms. The first-order valence-electron chi connectivity index (χ1n) is 6.13. The normalized spacial score (nSPS) is 10.8. The summed E-state index contributed by atoms with van der Waals surface area (Å²) in [6, 6.07) is 6.79. The van der Waals surface area contributed by atoms with Crippen LogP contribution in [0.3, 0.4) is 0 Å². The molecule has 0 saturated carbocycles. The first-order valence-corrected chi connectivity index (χ1v) is 7.01. The number of benzene rings is 1. The second-order valence-electron chi connectivity index (χ2n) is 4.44. The second-order valence-corrected chi connectivity index (χ2v) is 5.31. The van der Waals surface area contributed by atoms with Gasteiger partial charge in [-0.25, -0.2) is 9.78 Å². The molecule has 0 aliphatic rings. The topological polar surface area (TPSA) is 66.6 Å². The highest BCUT2D eigenvalue weighted by molar-refractivity contribution is 7.15. The van der Waals surface area contributed by atoms with Gasteiger partial charge in [0.1, 0.15) is 0 Å². The number of aryl methyl sites for hydroxylation is 1. The van der Waals surface area contributed by atoms with E-state index in [1.807, 2.05) is 29.0 Å². The van der Waals surface area contributed by atoms with Crippen LogP contribution in [0.1, 0.15) is 21.7 Å². The fraction of sp³-hybridized carbons (Fsp3) is 0.143. The Labute approximate surface area is 119 Å². The van der Waals surface area contributed by atoms with Crippen molar-refractivity contribution >= 4 is 28.0 Å². The van der Waals surface area contributed by atoms with Crippen molar-refractivity contribution in [3.05, 3.63) is 52.8 Å². The average Bonchev–Trinajstić information content (AvgIpc) is 2.97. The molecule has 0 spiro atoms. The van der Waals surface area contributed by atoms with Gasteiger partial charge >= 0.3 is 5.97 Å². The summed E-state index contributed by atoms with van der Waals surface area (Å²) in [6.07, 6.45) is 1.99. The highest BCUT2D eigenvalue weighted by Crippen LogP contribution is 2.18. The predicted octanol–water partition coefficient (Wildman–Crippen LogP) is 3.01. The van der Waals surface area contributed by atoms with Crippen molar-refractivity contribution in [1.82, 2.24) is 9.38 Å². The molecule has 3 rings (SSSR count). The number of thiazole rings is 1. The number of fused-ring (bicyclic) bond motifs is 1. The van der Waals surface area contributed by atoms with Crippen LogP contribution in [0.5, 0.6) is 0 Å². The summed E-state index contributed by atoms with van der Waals surface area (Å²) in [5.41, 5.74) is 3.14. The Balaban J connectivity index is 1.82. The number of hydrogen-bond acceptors (Lipinski definition) is 4. The first kappa shape index (κ1) is 12.7. The molecular weight excluding hydrogens is 274 g/mol. The molecule has 0 amide bonds. The Morgan fingerprint density at radius 3 is 3.15 bits per heavy atom. The zero-order valence-electron chi connectivity index (χ0n) is 10.8. The second kappa shape index (κ2) is 4.97. The van der Waals surface area contributed by atoms with Crippen LogP contribution in [0.15, 0.2) is 35.8 Å². The molecule has 0 atom stereocenters. The Morgan fingerprint density at radius 2 is 2.35 bits per heavy atom. The molecule has 0 aliphatic carbocycles. The number of nitrogens with one attached hydrogen (secondary N) is 1. The highest BCUT2D eigenvalue weighted by Gasteiger charge is 2.09. The minimum absolute atomic E-state index is 0.278. The van der Waals surface area contributed by atoms with E-state index in [4.69, 9.17) is 5.11 Å². The van der Waals surface area contributed by atoms with Crippen LogP contribution in [-0.2, 0) is 6.54 Å². The number of rotatable bonds is 4. The lowest BCUT2D eigenvalue weighted by Crippen LogP contribution is -2.04. The molecule has 0 fully saturated rings. The molecule has 1 aromatic carbocycles. The molecule has 0 aliphatic heterocycles. The van der Waals surface area contributed by atoms with Crippen molar-refractivity contribution in [1.29, 1.82) is 0 Å². The fourth-order valence-corrected chi connectivity index (χ4v) is 2.88. The average molecular weight is 287 g/mol. The van der Waals surface area contributed by atoms with Crippen molar-refractivity contribution < 1.29 is 9.90 Å². The Morgan fingerprint density at radius 1 is 1.50 bits per heavy atom. The lowest BCUT2D eigenvalue weighted by Gasteiger charge is -2.07. The summed E-state index contributed by atoms with van der Waals surface area (Å²) in [5, 5.41) is 14.2. The van der Waals surface area contributed by atoms with E-state index in [0.29, 0.717) is 6.54 Å². The van der Waals surface area contributed by atoms with Gasteiger partial charge < -0.3 is 10.4 Å². The molecule has 0 bridgehead atoms. The minimum Gasteiger partial charge on any atom is -0.478 e. The molecule has 102 valence electrons. The third kappa shape index (κ3) is 2.25. The van der Waals surface area contributed by atoms with Gasteiger partial charge in [-0.05, 0) is 25.1 Å². The number of aromatic nitrogens is 2. The number of carboxylic acids is 1. The van der Waals surface area contributed by atoms with E-state index < -0.39 is 5.97 Å². The van der Waals surface area contributed by atoms with Crippen molar-refractivity contribution in [3.8, 4) is 0 Å². The van der Waals surface area contributed by atoms with Crippen molar-refractivity contribution in [2.75, 3.05) is 5.32 Å². The smallest absolute Gasteiger partial charge is 0.335 e. The van der Waals surface area contributed by atoms with E-state index in [1.165, 1.54) is 0 Å². The molecular formula is C14H13N3O2S. The van der Waals surface area contributed by atoms with Gasteiger partial charge in [0.2, 0.25) is 0 Å². The summed E-state index contributed by atoms with van der Waals surface area (Å²) in [4.78, 5) is 16.4. The van der Waals surface area contributed by atoms with Crippen LogP contribution in [0, 0.1) is 6.92 Å². The van der Waals surface area contributed by atoms with Gasteiger partial charge in [-0.15, -0.1) is 11.3 Å². The Kier molecular flexibility index (Phi) is 3.15. The number of imidazole rings is 1. The lowest BCUT2D eigenvalue weighted by molar-refractivity contribution is 0.0697. The van der Waals surface area contributed by atoms with Gasteiger partial charge in [0, 0.05) is 17.3 Å². The molecule has 2 N–H and O–H groups in total. The van der Waals surface area contributed by atoms with Gasteiger partial charge in [-0.1, -0.05) is 6.07 Å². The van der Waals surface area contributed by atoms with Gasteiger partial charge in [0.25, 0.3) is 0 Å². The zero-order valence-corrected chi connectivity index (χ0v) is 11.6. The standard InChI is InChI=1S/C14H13N3O2S/c1-9-12(17-5-6-20-14(17)16-9)8-15-11-4-2-3-10(7-11)13(18)19/h2-7,15H,8H2,1H3,(H,18,19). The molecule has 0 unspecified atom stereocenters. The van der Waals surface area contributed by atoms with Crippen LogP contribution < -0.4 is 5.32 Å². The van der Waals surface area contributed by atoms with E-state index >= 15 is 0 Å². The number of anilines is 1. The summed E-state index contributed by atoms with van der Waals surface area (Å²) >= 11 is 1.60. The number of carbonyl (C=O) groups is 1. The fourth-order valence-electron chi connectivity index (χ4n) is 2.10. The summed E-state index contributed by atoms with van der Waals surface area (Å²) < 4.78 is 2.05. The molecule has 2 heterocycles. The van der Waals surface area contributed by atoms with Crippen LogP contribution in [0.4, 0.5) is 5.69 Å². The first-order chi connectivity index (χ1) is 9.65. The molecule has 5 nitrogen and oxygen atoms in total. The van der Waals surface area contributed by atoms with Crippen LogP contribution in [0.25, 0.3) is 4.96 Å². The number of nitrogens with zero attached hydrogens (tertiary/aromatic N) is 2. The number of hydrogen-bond donors (Lipinski definition) is 2. The Bertz CT molecular complexity index is 776. The monoisotopic (exact) mass is 287 g/mol. The number of aromatic carboxylic acids is 1. The molecule has 3 aromatic rings. The van der Waals surface area contributed by atoms with Crippen LogP contribution in [0.2, 0.25) is 0 Å². The quantitative estimate of drug-likeness (QED) is 0.774. The van der Waals surface area contributed by atoms with Crippen molar-refractivity contribution in [3.63, 3.8) is 0 Å². The predicted molar refractivity (Wildman–Crippen MR) is 78.5 cm³/mol. The maximum Gasteiger partial charge on any atom is 0.335 e. The van der Waals surface area contributed by atoms with Crippen LogP contribution in [-0.4, -0.2) is 20.5 Å². The Hall–Kier alpha value is -2.34. The van der Waals surface area contributed by atoms with Crippen LogP contribution >= 0.6 is 11.3 Å². The molecule has 2 aromatic heterocycles. The molecule has 0 radical (unpaired) electrons. The van der Waals surface area contributed by atoms with Gasteiger partial charge in [0.05, 0.1) is 23.5 Å². The molecule has 0 saturated heterocycles. The van der Waals surface area contributed by atoms with Crippen molar-refractivity contribution in [2.24, 2.45) is 0 Å². The lowest BCUT2D eigenvalue weighted by atomic mass is 10.2. The van der Waals surface area contributed by atoms with E-state index in [0.717, 1.165) is 22.0 Å². The highest BCUT2D eigenvalue weighted by atomic mass is 32.1. The zero-order chi connectivity index (χ0) is 14.1. The maximum absolute atomic E-state index is 10.9. The number of carboxylic acid groups (broad SMARTS) is 1. The minimum atomic E-state index is -0.922. The van der Waals surface area contributed by atoms with Gasteiger partial charge in [-0.3, -0.25) is 4.40 Å². The van der Waals surface area contributed by atoms with E-state index in [9.17, 15) is 4.79 Å². The van der Waals surface area contributed by atoms with Crippen molar-refractivity contribution in [2.45, 2.75) is 13.5 Å². The third-order valence-electron chi connectivity index (χ3n) is 3.13. The van der Waals surface area contributed by atoms with Gasteiger partial charge in [-0.2, -0.15) is 0 Å². The summed E-state index contributed by atoms with van der Waals surface area (Å²) in [7, 11) is 0. The largest absolute Gasteiger partial charge is 0.478 e. The van der Waals surface area contributed by atoms with E-state index in [-0.39, 0.29) is 5.56 Å². The third-order valence-corrected chi connectivity index (χ3v) is 3.89. The summed E-state index contributed by atoms with van der Waals surface area (Å²) in [6.45, 7) is 2.58. The maximum atomic E-state index is 10.9. The van der Waals surface area contributed by atoms with Gasteiger partial charge in [0.15, 0.2) is 4.96 Å². The van der Waals surface area contributed by atoms with E-state index in [2.05, 4.69) is 10.3 Å². The van der Waals surface area contributed by atoms with E-state index in [1.54, 1.807) is 29.5 Å². The SMILES string of the molecule is Cc1nc2sccn2c1CNc1cccc(C(=O)O)c1. The molecule has 6 heteroatoms. The summed E-state index contributed by atoms with van der Waals surface area (Å²) in [5.74, 6) is -0.922.